The third-order valence-electron chi connectivity index (χ3n) is 23.6. The number of nitriles is 3. The molecule has 0 amide bonds. The number of imidazole rings is 3. The van der Waals surface area contributed by atoms with Crippen molar-refractivity contribution < 1.29 is 112 Å². The maximum atomic E-state index is 15.7. The van der Waals surface area contributed by atoms with Gasteiger partial charge in [-0.1, -0.05) is 36.4 Å². The molecule has 132 heavy (non-hydrogen) atoms. The van der Waals surface area contributed by atoms with Crippen LogP contribution >= 0.6 is 0 Å². The number of para-hydroxylation sites is 3. The van der Waals surface area contributed by atoms with Crippen LogP contribution in [0, 0.1) is 86.3 Å². The fraction of sp³-hybridized carbons (Fsp3) is 0.182. The predicted octanol–water partition coefficient (Wildman–Crippen LogP) is 19.6. The van der Waals surface area contributed by atoms with Gasteiger partial charge in [-0.2, -0.15) is 15.8 Å². The topological polar surface area (TPSA) is 320 Å². The summed E-state index contributed by atoms with van der Waals surface area (Å²) in [4.78, 5) is 48.5. The number of hydrogen-bond acceptors (Lipinski definition) is 18. The lowest BCUT2D eigenvalue weighted by Gasteiger charge is -2.27. The number of carboxylic acid groups (broad SMARTS) is 3. The van der Waals surface area contributed by atoms with Crippen LogP contribution in [-0.4, -0.2) is 100 Å². The summed E-state index contributed by atoms with van der Waals surface area (Å²) in [6.07, 6.45) is -1.92. The minimum absolute atomic E-state index is 0.0736. The molecule has 6 aliphatic rings. The highest BCUT2D eigenvalue weighted by molar-refractivity contribution is 5.95. The second-order valence-corrected chi connectivity index (χ2v) is 31.7. The van der Waals surface area contributed by atoms with Gasteiger partial charge in [0.15, 0.2) is 34.5 Å². The van der Waals surface area contributed by atoms with E-state index in [1.54, 1.807) is 86.5 Å². The van der Waals surface area contributed by atoms with Gasteiger partial charge in [0.2, 0.25) is 0 Å². The summed E-state index contributed by atoms with van der Waals surface area (Å²) in [6.45, 7) is 2.93. The third-order valence-corrected chi connectivity index (χ3v) is 23.6. The van der Waals surface area contributed by atoms with E-state index in [0.717, 1.165) is 37.5 Å². The standard InChI is InChI=1S/3C33H22F3N3O5/c3*34-24-10-17(15-37)4-6-22(24)33-43-29-3-1-2-21(31(29)44-33)19-11-25(35)23(26(36)12-19)14-30-38-27-7-5-18(32(40)41)13-28(27)39(30)16-20-8-9-42-20/h3*1-7,10-13,20,33H,8-9,14,16H2,(H,40,41)/t3*20-,33?/m000/s1. The summed E-state index contributed by atoms with van der Waals surface area (Å²) < 4.78 is 195. The van der Waals surface area contributed by atoms with E-state index < -0.39 is 89.1 Å². The number of hydrogen-bond donors (Lipinski definition) is 3. The van der Waals surface area contributed by atoms with Crippen LogP contribution in [0.3, 0.4) is 0 Å². The highest BCUT2D eigenvalue weighted by atomic mass is 19.2. The van der Waals surface area contributed by atoms with E-state index in [2.05, 4.69) is 15.0 Å². The lowest BCUT2D eigenvalue weighted by molar-refractivity contribution is -0.0591. The molecule has 3 N–H and O–H groups in total. The number of rotatable bonds is 21. The zero-order valence-electron chi connectivity index (χ0n) is 68.7. The summed E-state index contributed by atoms with van der Waals surface area (Å²) in [7, 11) is 0. The number of halogens is 9. The highest BCUT2D eigenvalue weighted by Crippen LogP contribution is 2.52. The first-order valence-corrected chi connectivity index (χ1v) is 41.3. The van der Waals surface area contributed by atoms with Crippen LogP contribution in [0.2, 0.25) is 0 Å². The van der Waals surface area contributed by atoms with Crippen molar-refractivity contribution in [3.05, 3.63) is 337 Å². The van der Waals surface area contributed by atoms with E-state index in [9.17, 15) is 42.9 Å². The van der Waals surface area contributed by atoms with E-state index in [-0.39, 0.29) is 156 Å². The van der Waals surface area contributed by atoms with Gasteiger partial charge in [0.25, 0.3) is 18.9 Å². The number of nitrogens with zero attached hydrogens (tertiary/aromatic N) is 9. The lowest BCUT2D eigenvalue weighted by atomic mass is 10.00. The van der Waals surface area contributed by atoms with Crippen LogP contribution < -0.4 is 28.4 Å². The molecule has 12 aromatic carbocycles. The molecule has 0 bridgehead atoms. The molecule has 3 aromatic heterocycles. The largest absolute Gasteiger partial charge is 0.478 e. The second-order valence-electron chi connectivity index (χ2n) is 31.7. The Morgan fingerprint density at radius 2 is 0.606 bits per heavy atom. The van der Waals surface area contributed by atoms with E-state index in [1.165, 1.54) is 109 Å². The van der Waals surface area contributed by atoms with Crippen LogP contribution in [0.25, 0.3) is 66.5 Å². The zero-order valence-corrected chi connectivity index (χ0v) is 68.7. The Balaban J connectivity index is 0.000000128. The van der Waals surface area contributed by atoms with Gasteiger partial charge < -0.3 is 71.7 Å². The van der Waals surface area contributed by atoms with Crippen molar-refractivity contribution in [1.29, 1.82) is 15.8 Å². The Kier molecular flexibility index (Phi) is 22.8. The van der Waals surface area contributed by atoms with Gasteiger partial charge in [-0.05, 0) is 200 Å². The van der Waals surface area contributed by atoms with Gasteiger partial charge in [0, 0.05) is 72.5 Å². The number of aromatic carboxylic acids is 3. The molecule has 0 saturated carbocycles. The number of aromatic nitrogens is 6. The Bertz CT molecular complexity index is 6660. The molecule has 0 aliphatic carbocycles. The Morgan fingerprint density at radius 1 is 0.341 bits per heavy atom. The van der Waals surface area contributed by atoms with Gasteiger partial charge in [-0.15, -0.1) is 0 Å². The quantitative estimate of drug-likeness (QED) is 0.0563. The third kappa shape index (κ3) is 16.6. The predicted molar refractivity (Wildman–Crippen MR) is 452 cm³/mol. The van der Waals surface area contributed by atoms with E-state index in [0.29, 0.717) is 107 Å². The second kappa shape index (κ2) is 35.2. The van der Waals surface area contributed by atoms with Gasteiger partial charge in [0.1, 0.15) is 69.8 Å². The van der Waals surface area contributed by atoms with Crippen molar-refractivity contribution >= 4 is 51.0 Å². The van der Waals surface area contributed by atoms with E-state index in [4.69, 9.17) is 58.4 Å². The molecule has 9 heterocycles. The summed E-state index contributed by atoms with van der Waals surface area (Å²) >= 11 is 0. The highest BCUT2D eigenvalue weighted by Gasteiger charge is 2.37. The molecular formula is C99H66F9N9O15. The van der Waals surface area contributed by atoms with E-state index in [1.807, 2.05) is 18.2 Å². The molecule has 3 unspecified atom stereocenters. The van der Waals surface area contributed by atoms with Crippen molar-refractivity contribution in [2.24, 2.45) is 0 Å². The Hall–Kier alpha value is -16.0. The van der Waals surface area contributed by atoms with E-state index >= 15 is 26.3 Å². The number of carboxylic acids is 3. The van der Waals surface area contributed by atoms with Gasteiger partial charge in [-0.25, -0.2) is 68.8 Å². The molecule has 660 valence electrons. The van der Waals surface area contributed by atoms with Crippen LogP contribution in [0.4, 0.5) is 39.5 Å². The average Bonchev–Trinajstić information content (AvgIpc) is 1.55. The minimum atomic E-state index is -1.15. The molecule has 21 rings (SSSR count). The number of benzene rings is 12. The minimum Gasteiger partial charge on any atom is -0.478 e. The van der Waals surface area contributed by atoms with Gasteiger partial charge in [0.05, 0.1) is 139 Å². The molecule has 24 nitrogen and oxygen atoms in total. The van der Waals surface area contributed by atoms with Crippen molar-refractivity contribution in [1.82, 2.24) is 28.7 Å². The monoisotopic (exact) mass is 1790 g/mol. The normalized spacial score (nSPS) is 17.0. The molecule has 0 radical (unpaired) electrons. The number of ether oxygens (including phenoxy) is 9. The molecule has 0 spiro atoms. The van der Waals surface area contributed by atoms with Crippen molar-refractivity contribution in [2.75, 3.05) is 19.8 Å². The first-order valence-electron chi connectivity index (χ1n) is 41.3. The number of carbonyl (C=O) groups is 3. The van der Waals surface area contributed by atoms with Crippen LogP contribution in [0.15, 0.2) is 200 Å². The smallest absolute Gasteiger partial charge is 0.335 e. The van der Waals surface area contributed by atoms with Crippen LogP contribution in [0.1, 0.15) is 137 Å². The molecule has 3 fully saturated rings. The molecule has 6 atom stereocenters. The molecule has 15 aromatic rings. The Morgan fingerprint density at radius 3 is 0.833 bits per heavy atom. The van der Waals surface area contributed by atoms with Crippen molar-refractivity contribution in [2.45, 2.75) is 95.3 Å². The molecule has 33 heteroatoms. The van der Waals surface area contributed by atoms with Crippen molar-refractivity contribution in [3.63, 3.8) is 0 Å². The summed E-state index contributed by atoms with van der Waals surface area (Å²) in [6, 6.07) is 52.6. The lowest BCUT2D eigenvalue weighted by Crippen LogP contribution is -2.31. The van der Waals surface area contributed by atoms with Gasteiger partial charge >= 0.3 is 17.9 Å². The SMILES string of the molecule is N#Cc1ccc(C2Oc3cccc(-c4cc(F)c(Cc5nc6ccc(C(=O)O)cc6n5C[C@@H]5CCO5)c(F)c4)c3O2)c(F)c1.N#Cc1ccc(C2Oc3cccc(-c4cc(F)c(Cc5nc6ccc(C(=O)O)cc6n5C[C@@H]5CCO5)c(F)c4)c3O2)c(F)c1.N#Cc1ccc(C2Oc3cccc(-c4cc(F)c(Cc5nc6ccc(C(=O)O)cc6n5C[C@@H]5CCO5)c(F)c4)c3O2)c(F)c1. The fourth-order valence-electron chi connectivity index (χ4n) is 16.4. The maximum absolute atomic E-state index is 15.7. The first-order chi connectivity index (χ1) is 63.8. The van der Waals surface area contributed by atoms with Crippen LogP contribution in [0.5, 0.6) is 34.5 Å². The first kappa shape index (κ1) is 85.4. The van der Waals surface area contributed by atoms with Gasteiger partial charge in [-0.3, -0.25) is 0 Å². The molecule has 3 saturated heterocycles. The zero-order chi connectivity index (χ0) is 91.6. The summed E-state index contributed by atoms with van der Waals surface area (Å²) in [5, 5.41) is 55.5. The van der Waals surface area contributed by atoms with Crippen molar-refractivity contribution in [3.8, 4) is 86.1 Å². The summed E-state index contributed by atoms with van der Waals surface area (Å²) in [5.74, 6) is -7.66. The maximum Gasteiger partial charge on any atom is 0.335 e. The average molecular weight is 1790 g/mol. The molecular weight excluding hydrogens is 1730 g/mol. The Labute approximate surface area is 741 Å². The fourth-order valence-corrected chi connectivity index (χ4v) is 16.4. The number of fused-ring (bicyclic) bond motifs is 6. The molecule has 6 aliphatic heterocycles. The summed E-state index contributed by atoms with van der Waals surface area (Å²) in [5.41, 5.74) is 5.00. The van der Waals surface area contributed by atoms with Crippen LogP contribution in [-0.2, 0) is 53.1 Å².